The van der Waals surface area contributed by atoms with Crippen LogP contribution in [-0.4, -0.2) is 41.6 Å². The van der Waals surface area contributed by atoms with Crippen LogP contribution < -0.4 is 18.9 Å². The number of thioether (sulfide) groups is 1. The van der Waals surface area contributed by atoms with E-state index in [2.05, 4.69) is 10.2 Å². The number of Topliss-reactive ketones (excluding diaryl/α,β-unsaturated/α-hetero) is 1. The van der Waals surface area contributed by atoms with E-state index in [0.717, 1.165) is 0 Å². The lowest BCUT2D eigenvalue weighted by molar-refractivity contribution is 0.0686. The molecule has 0 N–H and O–H groups in total. The van der Waals surface area contributed by atoms with Crippen LogP contribution in [0.25, 0.3) is 0 Å². The fraction of sp³-hybridized carbons (Fsp3) is 0.250. The molecule has 3 aromatic rings. The predicted molar refractivity (Wildman–Crippen MR) is 102 cm³/mol. The van der Waals surface area contributed by atoms with E-state index in [1.54, 1.807) is 18.2 Å². The summed E-state index contributed by atoms with van der Waals surface area (Å²) in [4.78, 5) is 12.5. The van der Waals surface area contributed by atoms with E-state index in [9.17, 15) is 4.79 Å². The van der Waals surface area contributed by atoms with Gasteiger partial charge in [0, 0.05) is 5.56 Å². The van der Waals surface area contributed by atoms with Gasteiger partial charge in [-0.2, -0.15) is 0 Å². The quantitative estimate of drug-likeness (QED) is 0.462. The van der Waals surface area contributed by atoms with Crippen molar-refractivity contribution in [3.63, 3.8) is 0 Å². The second kappa shape index (κ2) is 7.67. The van der Waals surface area contributed by atoms with Crippen LogP contribution in [0.1, 0.15) is 22.4 Å². The summed E-state index contributed by atoms with van der Waals surface area (Å²) in [5, 5.41) is 8.33. The number of ether oxygens (including phenoxy) is 4. The van der Waals surface area contributed by atoms with Crippen LogP contribution in [0.15, 0.2) is 52.1 Å². The zero-order chi connectivity index (χ0) is 19.6. The first-order valence-corrected chi connectivity index (χ1v) is 10.0. The van der Waals surface area contributed by atoms with E-state index in [4.69, 9.17) is 23.4 Å². The van der Waals surface area contributed by atoms with Crippen LogP contribution in [0.4, 0.5) is 0 Å². The Morgan fingerprint density at radius 2 is 1.76 bits per heavy atom. The molecule has 0 saturated carbocycles. The van der Waals surface area contributed by atoms with E-state index in [1.165, 1.54) is 11.8 Å². The van der Waals surface area contributed by atoms with Gasteiger partial charge in [0.2, 0.25) is 6.10 Å². The Morgan fingerprint density at radius 1 is 0.966 bits per heavy atom. The molecule has 0 spiro atoms. The molecule has 0 aliphatic carbocycles. The number of hydrogen-bond donors (Lipinski definition) is 0. The maximum atomic E-state index is 12.5. The van der Waals surface area contributed by atoms with Gasteiger partial charge in [0.05, 0.1) is 5.75 Å². The highest BCUT2D eigenvalue weighted by Gasteiger charge is 2.27. The van der Waals surface area contributed by atoms with E-state index in [-0.39, 0.29) is 18.1 Å². The monoisotopic (exact) mass is 412 g/mol. The molecular formula is C20H16N2O6S. The summed E-state index contributed by atoms with van der Waals surface area (Å²) >= 11 is 1.17. The summed E-state index contributed by atoms with van der Waals surface area (Å²) in [6.07, 6.45) is -0.486. The van der Waals surface area contributed by atoms with Gasteiger partial charge in [-0.15, -0.1) is 10.2 Å². The highest BCUT2D eigenvalue weighted by molar-refractivity contribution is 7.99. The highest BCUT2D eigenvalue weighted by atomic mass is 32.2. The average molecular weight is 412 g/mol. The third kappa shape index (κ3) is 3.73. The van der Waals surface area contributed by atoms with Crippen LogP contribution in [0.3, 0.4) is 0 Å². The minimum Gasteiger partial charge on any atom is -0.486 e. The number of hydrogen-bond acceptors (Lipinski definition) is 9. The zero-order valence-corrected chi connectivity index (χ0v) is 16.0. The molecule has 2 aliphatic rings. The molecule has 0 fully saturated rings. The largest absolute Gasteiger partial charge is 0.486 e. The van der Waals surface area contributed by atoms with Gasteiger partial charge in [-0.25, -0.2) is 0 Å². The predicted octanol–water partition coefficient (Wildman–Crippen LogP) is 3.33. The van der Waals surface area contributed by atoms with Crippen molar-refractivity contribution in [3.8, 4) is 23.0 Å². The molecule has 1 atom stereocenters. The summed E-state index contributed by atoms with van der Waals surface area (Å²) < 4.78 is 28.2. The van der Waals surface area contributed by atoms with Crippen molar-refractivity contribution in [1.82, 2.24) is 10.2 Å². The first-order chi connectivity index (χ1) is 14.3. The molecule has 0 amide bonds. The number of carbonyl (C=O) groups excluding carboxylic acids is 1. The smallest absolute Gasteiger partial charge is 0.277 e. The van der Waals surface area contributed by atoms with Crippen LogP contribution in [0.5, 0.6) is 23.0 Å². The van der Waals surface area contributed by atoms with Crippen molar-refractivity contribution in [2.24, 2.45) is 0 Å². The van der Waals surface area contributed by atoms with Crippen molar-refractivity contribution in [1.29, 1.82) is 0 Å². The molecule has 2 aromatic carbocycles. The van der Waals surface area contributed by atoms with Crippen molar-refractivity contribution in [3.05, 3.63) is 53.9 Å². The molecule has 0 saturated heterocycles. The van der Waals surface area contributed by atoms with Gasteiger partial charge in [0.1, 0.15) is 19.8 Å². The molecule has 1 aromatic heterocycles. The van der Waals surface area contributed by atoms with Crippen LogP contribution >= 0.6 is 11.8 Å². The first kappa shape index (κ1) is 17.9. The van der Waals surface area contributed by atoms with Gasteiger partial charge in [0.15, 0.2) is 28.8 Å². The van der Waals surface area contributed by atoms with Gasteiger partial charge < -0.3 is 23.4 Å². The van der Waals surface area contributed by atoms with Crippen molar-refractivity contribution < 1.29 is 28.2 Å². The third-order valence-electron chi connectivity index (χ3n) is 4.40. The van der Waals surface area contributed by atoms with E-state index < -0.39 is 6.10 Å². The summed E-state index contributed by atoms with van der Waals surface area (Å²) in [5.41, 5.74) is 0.544. The summed E-state index contributed by atoms with van der Waals surface area (Å²) in [5.74, 6) is 2.95. The second-order valence-electron chi connectivity index (χ2n) is 6.34. The maximum absolute atomic E-state index is 12.5. The van der Waals surface area contributed by atoms with Gasteiger partial charge in [-0.1, -0.05) is 23.9 Å². The molecule has 148 valence electrons. The molecule has 29 heavy (non-hydrogen) atoms. The van der Waals surface area contributed by atoms with Crippen LogP contribution in [-0.2, 0) is 0 Å². The van der Waals surface area contributed by atoms with Gasteiger partial charge >= 0.3 is 0 Å². The highest BCUT2D eigenvalue weighted by Crippen LogP contribution is 2.36. The third-order valence-corrected chi connectivity index (χ3v) is 5.22. The summed E-state index contributed by atoms with van der Waals surface area (Å²) in [6.45, 7) is 1.26. The minimum atomic E-state index is -0.486. The van der Waals surface area contributed by atoms with Gasteiger partial charge in [-0.05, 0) is 30.3 Å². The summed E-state index contributed by atoms with van der Waals surface area (Å²) in [7, 11) is 0. The van der Waals surface area contributed by atoms with Gasteiger partial charge in [0.25, 0.3) is 11.1 Å². The van der Waals surface area contributed by atoms with Crippen molar-refractivity contribution in [2.45, 2.75) is 11.3 Å². The topological polar surface area (TPSA) is 92.9 Å². The average Bonchev–Trinajstić information content (AvgIpc) is 3.26. The molecule has 9 heteroatoms. The van der Waals surface area contributed by atoms with Gasteiger partial charge in [-0.3, -0.25) is 4.79 Å². The minimum absolute atomic E-state index is 0.0714. The van der Waals surface area contributed by atoms with Crippen molar-refractivity contribution in [2.75, 3.05) is 25.6 Å². The molecule has 0 unspecified atom stereocenters. The molecule has 0 radical (unpaired) electrons. The fourth-order valence-electron chi connectivity index (χ4n) is 2.98. The number of aromatic nitrogens is 2. The maximum Gasteiger partial charge on any atom is 0.277 e. The Hall–Kier alpha value is -3.20. The molecule has 0 bridgehead atoms. The molecule has 3 heterocycles. The molecule has 2 aliphatic heterocycles. The molecule has 5 rings (SSSR count). The standard InChI is InChI=1S/C20H16N2O6S/c23-13(12-5-6-15-17(9-12)25-8-7-24-15)11-29-20-22-21-19(28-20)18-10-26-14-3-1-2-4-16(14)27-18/h1-6,9,18H,7-8,10-11H2/t18-/m1/s1. The number of rotatable bonds is 5. The van der Waals surface area contributed by atoms with Crippen LogP contribution in [0, 0.1) is 0 Å². The zero-order valence-electron chi connectivity index (χ0n) is 15.2. The lowest BCUT2D eigenvalue weighted by atomic mass is 10.1. The van der Waals surface area contributed by atoms with E-state index in [0.29, 0.717) is 52.9 Å². The van der Waals surface area contributed by atoms with Crippen LogP contribution in [0.2, 0.25) is 0 Å². The number of fused-ring (bicyclic) bond motifs is 2. The Kier molecular flexibility index (Phi) is 4.73. The Bertz CT molecular complexity index is 1050. The Labute approximate surface area is 170 Å². The number of carbonyl (C=O) groups is 1. The SMILES string of the molecule is O=C(CSc1nnc([C@H]2COc3ccccc3O2)o1)c1ccc2c(c1)OCCO2. The fourth-order valence-corrected chi connectivity index (χ4v) is 3.64. The van der Waals surface area contributed by atoms with E-state index >= 15 is 0 Å². The number of ketones is 1. The first-order valence-electron chi connectivity index (χ1n) is 9.04. The van der Waals surface area contributed by atoms with Crippen molar-refractivity contribution >= 4 is 17.5 Å². The Balaban J connectivity index is 1.21. The number of benzene rings is 2. The van der Waals surface area contributed by atoms with E-state index in [1.807, 2.05) is 24.3 Å². The lowest BCUT2D eigenvalue weighted by Gasteiger charge is -2.23. The lowest BCUT2D eigenvalue weighted by Crippen LogP contribution is -2.21. The second-order valence-corrected chi connectivity index (χ2v) is 7.27. The Morgan fingerprint density at radius 3 is 2.66 bits per heavy atom. The normalized spacial score (nSPS) is 17.0. The number of nitrogens with zero attached hydrogens (tertiary/aromatic N) is 2. The molecule has 8 nitrogen and oxygen atoms in total. The molecular weight excluding hydrogens is 396 g/mol. The number of para-hydroxylation sites is 2. The summed E-state index contributed by atoms with van der Waals surface area (Å²) in [6, 6.07) is 12.6.